The summed E-state index contributed by atoms with van der Waals surface area (Å²) in [5.41, 5.74) is 0. The molecule has 0 bridgehead atoms. The minimum Gasteiger partial charge on any atom is -0.476 e. The Kier molecular flexibility index (Phi) is 2.13. The zero-order valence-corrected chi connectivity index (χ0v) is 6.22. The molecule has 0 aromatic heterocycles. The van der Waals surface area contributed by atoms with Gasteiger partial charge in [0.15, 0.2) is 0 Å². The number of carbonyl (C=O) groups is 2. The van der Waals surface area contributed by atoms with Gasteiger partial charge in [-0.15, -0.1) is 0 Å². The normalized spacial score (nSPS) is 22.9. The molecular weight excluding hydrogens is 170 g/mol. The monoisotopic (exact) mass is 176 g/mol. The number of rotatable bonds is 2. The van der Waals surface area contributed by atoms with Gasteiger partial charge in [0, 0.05) is 0 Å². The Bertz CT molecular complexity index is 237. The summed E-state index contributed by atoms with van der Waals surface area (Å²) in [5, 5.41) is 16.8. The largest absolute Gasteiger partial charge is 0.476 e. The van der Waals surface area contributed by atoms with Crippen molar-refractivity contribution in [3.05, 3.63) is 0 Å². The molecule has 0 aromatic carbocycles. The van der Waals surface area contributed by atoms with Gasteiger partial charge in [-0.3, -0.25) is 0 Å². The van der Waals surface area contributed by atoms with E-state index in [1.54, 1.807) is 0 Å². The van der Waals surface area contributed by atoms with Gasteiger partial charge in [0.25, 0.3) is 6.04 Å². The van der Waals surface area contributed by atoms with E-state index in [0.717, 1.165) is 11.8 Å². The number of hydrogen-bond donors (Lipinski definition) is 3. The molecule has 1 rings (SSSR count). The van der Waals surface area contributed by atoms with Gasteiger partial charge in [0.1, 0.15) is 0 Å². The quantitative estimate of drug-likeness (QED) is 0.442. The highest BCUT2D eigenvalue weighted by atomic mass is 32.2. The Morgan fingerprint density at radius 3 is 2.45 bits per heavy atom. The summed E-state index contributed by atoms with van der Waals surface area (Å²) in [4.78, 5) is 22.9. The first-order valence-electron chi connectivity index (χ1n) is 2.83. The maximum Gasteiger partial charge on any atom is 0.408 e. The van der Waals surface area contributed by atoms with Crippen molar-refractivity contribution in [2.75, 3.05) is 5.75 Å². The van der Waals surface area contributed by atoms with Gasteiger partial charge < -0.3 is 10.2 Å². The molecule has 0 amide bonds. The second-order valence-electron chi connectivity index (χ2n) is 1.98. The highest BCUT2D eigenvalue weighted by Crippen LogP contribution is 2.05. The van der Waals surface area contributed by atoms with Crippen LogP contribution < -0.4 is 4.99 Å². The number of carboxylic acids is 2. The smallest absolute Gasteiger partial charge is 0.408 e. The predicted molar refractivity (Wildman–Crippen MR) is 37.5 cm³/mol. The molecule has 1 heterocycles. The predicted octanol–water partition coefficient (Wildman–Crippen LogP) is -2.25. The zero-order valence-electron chi connectivity index (χ0n) is 5.40. The number of thioether (sulfide) groups is 1. The number of carboxylic acid groups (broad SMARTS) is 2. The molecule has 11 heavy (non-hydrogen) atoms. The van der Waals surface area contributed by atoms with Gasteiger partial charge >= 0.3 is 17.0 Å². The average Bonchev–Trinajstić information content (AvgIpc) is 2.33. The molecule has 5 nitrogen and oxygen atoms in total. The second kappa shape index (κ2) is 2.91. The fourth-order valence-corrected chi connectivity index (χ4v) is 1.57. The van der Waals surface area contributed by atoms with E-state index in [4.69, 9.17) is 10.2 Å². The van der Waals surface area contributed by atoms with Gasteiger partial charge in [-0.2, -0.15) is 0 Å². The first-order chi connectivity index (χ1) is 5.11. The minimum absolute atomic E-state index is 0.0115. The average molecular weight is 176 g/mol. The Morgan fingerprint density at radius 1 is 1.55 bits per heavy atom. The van der Waals surface area contributed by atoms with Crippen molar-refractivity contribution in [3.63, 3.8) is 0 Å². The maximum atomic E-state index is 10.3. The van der Waals surface area contributed by atoms with Crippen LogP contribution in [0.2, 0.25) is 0 Å². The molecular formula is C5H6NO4S+. The van der Waals surface area contributed by atoms with Crippen molar-refractivity contribution in [2.45, 2.75) is 6.04 Å². The van der Waals surface area contributed by atoms with Gasteiger partial charge in [-0.05, 0) is 11.8 Å². The van der Waals surface area contributed by atoms with Crippen molar-refractivity contribution >= 4 is 28.7 Å². The van der Waals surface area contributed by atoms with Crippen LogP contribution in [-0.2, 0) is 9.59 Å². The zero-order chi connectivity index (χ0) is 8.43. The van der Waals surface area contributed by atoms with Crippen LogP contribution in [0.5, 0.6) is 0 Å². The summed E-state index contributed by atoms with van der Waals surface area (Å²) in [6, 6.07) is -0.758. The van der Waals surface area contributed by atoms with E-state index < -0.39 is 18.0 Å². The lowest BCUT2D eigenvalue weighted by Gasteiger charge is -1.87. The first kappa shape index (κ1) is 8.06. The molecule has 0 radical (unpaired) electrons. The lowest BCUT2D eigenvalue weighted by molar-refractivity contribution is -0.477. The van der Waals surface area contributed by atoms with E-state index in [1.807, 2.05) is 0 Å². The van der Waals surface area contributed by atoms with Crippen molar-refractivity contribution in [3.8, 4) is 0 Å². The molecule has 60 valence electrons. The third-order valence-electron chi connectivity index (χ3n) is 1.19. The Hall–Kier alpha value is -1.04. The summed E-state index contributed by atoms with van der Waals surface area (Å²) in [7, 11) is 0. The van der Waals surface area contributed by atoms with Crippen LogP contribution >= 0.6 is 11.8 Å². The Morgan fingerprint density at radius 2 is 2.18 bits per heavy atom. The van der Waals surface area contributed by atoms with Crippen LogP contribution in [0, 0.1) is 0 Å². The first-order valence-corrected chi connectivity index (χ1v) is 3.82. The van der Waals surface area contributed by atoms with Crippen LogP contribution in [0.4, 0.5) is 0 Å². The van der Waals surface area contributed by atoms with E-state index in [1.165, 1.54) is 0 Å². The standard InChI is InChI=1S/C5H5NO4S/c7-4(8)2-1-11-3(6-2)5(9)10/h2H,1H2,(H,7,8)(H,9,10)/p+1. The van der Waals surface area contributed by atoms with Crippen molar-refractivity contribution in [1.29, 1.82) is 0 Å². The van der Waals surface area contributed by atoms with Crippen LogP contribution in [0.1, 0.15) is 0 Å². The third-order valence-corrected chi connectivity index (χ3v) is 2.27. The van der Waals surface area contributed by atoms with Crippen molar-refractivity contribution < 1.29 is 24.8 Å². The molecule has 6 heteroatoms. The van der Waals surface area contributed by atoms with Crippen LogP contribution in [-0.4, -0.2) is 39.0 Å². The van der Waals surface area contributed by atoms with Gasteiger partial charge in [-0.25, -0.2) is 14.6 Å². The third kappa shape index (κ3) is 1.70. The van der Waals surface area contributed by atoms with Crippen LogP contribution in [0.25, 0.3) is 0 Å². The second-order valence-corrected chi connectivity index (χ2v) is 3.01. The van der Waals surface area contributed by atoms with Crippen LogP contribution in [0.15, 0.2) is 0 Å². The molecule has 0 saturated heterocycles. The van der Waals surface area contributed by atoms with Gasteiger partial charge in [-0.1, -0.05) is 0 Å². The van der Waals surface area contributed by atoms with Crippen molar-refractivity contribution in [2.24, 2.45) is 0 Å². The van der Waals surface area contributed by atoms with E-state index in [0.29, 0.717) is 0 Å². The molecule has 1 aliphatic rings. The number of aliphatic carboxylic acids is 2. The Labute approximate surface area is 66.1 Å². The molecule has 0 aromatic rings. The molecule has 1 aliphatic heterocycles. The highest BCUT2D eigenvalue weighted by Gasteiger charge is 2.34. The van der Waals surface area contributed by atoms with E-state index in [-0.39, 0.29) is 10.8 Å². The summed E-state index contributed by atoms with van der Waals surface area (Å²) in [5.74, 6) is -1.84. The summed E-state index contributed by atoms with van der Waals surface area (Å²) < 4.78 is 0. The highest BCUT2D eigenvalue weighted by molar-refractivity contribution is 8.15. The lowest BCUT2D eigenvalue weighted by atomic mass is 10.4. The molecule has 1 atom stereocenters. The summed E-state index contributed by atoms with van der Waals surface area (Å²) >= 11 is 1.01. The summed E-state index contributed by atoms with van der Waals surface area (Å²) in [6.45, 7) is 0. The van der Waals surface area contributed by atoms with Gasteiger partial charge in [0.2, 0.25) is 0 Å². The number of hydrogen-bond acceptors (Lipinski definition) is 3. The molecule has 0 fully saturated rings. The topological polar surface area (TPSA) is 88.6 Å². The maximum absolute atomic E-state index is 10.3. The fraction of sp³-hybridized carbons (Fsp3) is 0.400. The number of nitrogens with one attached hydrogen (secondary N) is 1. The lowest BCUT2D eigenvalue weighted by Crippen LogP contribution is -2.80. The molecule has 0 aliphatic carbocycles. The minimum atomic E-state index is -1.10. The summed E-state index contributed by atoms with van der Waals surface area (Å²) in [6.07, 6.45) is 0. The van der Waals surface area contributed by atoms with E-state index in [2.05, 4.69) is 4.99 Å². The molecule has 1 unspecified atom stereocenters. The SMILES string of the molecule is O=C(O)C1=[NH+]C(C(=O)O)CS1. The molecule has 0 saturated carbocycles. The molecule has 3 N–H and O–H groups in total. The van der Waals surface area contributed by atoms with E-state index >= 15 is 0 Å². The van der Waals surface area contributed by atoms with Crippen LogP contribution in [0.3, 0.4) is 0 Å². The fourth-order valence-electron chi connectivity index (χ4n) is 0.665. The van der Waals surface area contributed by atoms with E-state index in [9.17, 15) is 9.59 Å². The van der Waals surface area contributed by atoms with Gasteiger partial charge in [0.05, 0.1) is 5.75 Å². The molecule has 0 spiro atoms. The van der Waals surface area contributed by atoms with Crippen molar-refractivity contribution in [1.82, 2.24) is 0 Å². The Balaban J connectivity index is 2.68.